The van der Waals surface area contributed by atoms with Gasteiger partial charge in [0.05, 0.1) is 0 Å². The summed E-state index contributed by atoms with van der Waals surface area (Å²) < 4.78 is 5.58. The number of ether oxygens (including phenoxy) is 1. The zero-order chi connectivity index (χ0) is 14.4. The zero-order valence-corrected chi connectivity index (χ0v) is 13.9. The molecule has 0 spiro atoms. The van der Waals surface area contributed by atoms with Gasteiger partial charge in [0.15, 0.2) is 0 Å². The van der Waals surface area contributed by atoms with E-state index in [0.717, 1.165) is 36.9 Å². The molecule has 0 aromatic carbocycles. The lowest BCUT2D eigenvalue weighted by atomic mass is 9.66. The molecule has 1 saturated heterocycles. The second-order valence-corrected chi connectivity index (χ2v) is 7.40. The molecule has 3 unspecified atom stereocenters. The van der Waals surface area contributed by atoms with Crippen molar-refractivity contribution in [1.29, 1.82) is 0 Å². The molecule has 0 bridgehead atoms. The monoisotopic (exact) mass is 281 g/mol. The zero-order valence-electron chi connectivity index (χ0n) is 13.9. The summed E-state index contributed by atoms with van der Waals surface area (Å²) in [5.74, 6) is 3.80. The fraction of sp³-hybridized carbons (Fsp3) is 1.00. The van der Waals surface area contributed by atoms with Crippen molar-refractivity contribution in [3.63, 3.8) is 0 Å². The van der Waals surface area contributed by atoms with Gasteiger partial charge in [-0.05, 0) is 55.9 Å². The molecule has 2 fully saturated rings. The average molecular weight is 281 g/mol. The van der Waals surface area contributed by atoms with Crippen LogP contribution in [0.3, 0.4) is 0 Å². The maximum absolute atomic E-state index is 5.58. The van der Waals surface area contributed by atoms with Crippen molar-refractivity contribution in [2.75, 3.05) is 19.8 Å². The molecule has 0 radical (unpaired) electrons. The molecule has 2 rings (SSSR count). The topological polar surface area (TPSA) is 21.3 Å². The first-order valence-corrected chi connectivity index (χ1v) is 9.01. The minimum atomic E-state index is 0.624. The third kappa shape index (κ3) is 4.73. The van der Waals surface area contributed by atoms with E-state index in [-0.39, 0.29) is 0 Å². The molecule has 0 aromatic rings. The summed E-state index contributed by atoms with van der Waals surface area (Å²) in [6, 6.07) is 0.624. The second-order valence-electron chi connectivity index (χ2n) is 7.40. The van der Waals surface area contributed by atoms with E-state index in [2.05, 4.69) is 26.1 Å². The molecule has 1 aliphatic heterocycles. The van der Waals surface area contributed by atoms with Crippen LogP contribution in [-0.4, -0.2) is 25.8 Å². The Hall–Kier alpha value is -0.0800. The quantitative estimate of drug-likeness (QED) is 0.786. The first-order chi connectivity index (χ1) is 9.70. The fourth-order valence-corrected chi connectivity index (χ4v) is 4.39. The Balaban J connectivity index is 1.93. The summed E-state index contributed by atoms with van der Waals surface area (Å²) in [7, 11) is 0. The Morgan fingerprint density at radius 2 is 1.85 bits per heavy atom. The number of rotatable bonds is 6. The van der Waals surface area contributed by atoms with Crippen LogP contribution in [0.4, 0.5) is 0 Å². The predicted octanol–water partition coefficient (Wildman–Crippen LogP) is 4.24. The summed E-state index contributed by atoms with van der Waals surface area (Å²) in [5, 5.41) is 3.70. The molecule has 1 saturated carbocycles. The average Bonchev–Trinajstić information content (AvgIpc) is 2.47. The smallest absolute Gasteiger partial charge is 0.0468 e. The molecular formula is C18H35NO. The number of hydrogen-bond acceptors (Lipinski definition) is 2. The Bertz CT molecular complexity index is 260. The SMILES string of the molecule is CCCC1CCC(CNC(C)C)C(C2CCOCC2)C1. The number of hydrogen-bond donors (Lipinski definition) is 1. The maximum Gasteiger partial charge on any atom is 0.0468 e. The summed E-state index contributed by atoms with van der Waals surface area (Å²) in [6.07, 6.45) is 9.83. The minimum Gasteiger partial charge on any atom is -0.381 e. The van der Waals surface area contributed by atoms with Crippen LogP contribution in [0.2, 0.25) is 0 Å². The van der Waals surface area contributed by atoms with E-state index < -0.39 is 0 Å². The van der Waals surface area contributed by atoms with E-state index in [1.165, 1.54) is 51.5 Å². The van der Waals surface area contributed by atoms with Crippen molar-refractivity contribution in [1.82, 2.24) is 5.32 Å². The van der Waals surface area contributed by atoms with E-state index in [0.29, 0.717) is 6.04 Å². The van der Waals surface area contributed by atoms with Gasteiger partial charge in [0.2, 0.25) is 0 Å². The third-order valence-corrected chi connectivity index (χ3v) is 5.51. The van der Waals surface area contributed by atoms with E-state index in [9.17, 15) is 0 Å². The summed E-state index contributed by atoms with van der Waals surface area (Å²) in [6.45, 7) is 10.1. The highest BCUT2D eigenvalue weighted by Crippen LogP contribution is 2.42. The summed E-state index contributed by atoms with van der Waals surface area (Å²) in [5.41, 5.74) is 0. The first kappa shape index (κ1) is 16.3. The Kier molecular flexibility index (Phi) is 6.83. The molecule has 2 aliphatic rings. The predicted molar refractivity (Wildman–Crippen MR) is 85.9 cm³/mol. The molecule has 1 aliphatic carbocycles. The number of nitrogens with one attached hydrogen (secondary N) is 1. The summed E-state index contributed by atoms with van der Waals surface area (Å²) in [4.78, 5) is 0. The van der Waals surface area contributed by atoms with Gasteiger partial charge < -0.3 is 10.1 Å². The third-order valence-electron chi connectivity index (χ3n) is 5.51. The van der Waals surface area contributed by atoms with E-state index >= 15 is 0 Å². The van der Waals surface area contributed by atoms with Gasteiger partial charge in [0.25, 0.3) is 0 Å². The Morgan fingerprint density at radius 1 is 1.10 bits per heavy atom. The highest BCUT2D eigenvalue weighted by molar-refractivity contribution is 4.86. The Labute approximate surface area is 126 Å². The normalized spacial score (nSPS) is 32.7. The van der Waals surface area contributed by atoms with Crippen molar-refractivity contribution < 1.29 is 4.74 Å². The second kappa shape index (κ2) is 8.38. The van der Waals surface area contributed by atoms with Crippen molar-refractivity contribution >= 4 is 0 Å². The lowest BCUT2D eigenvalue weighted by Crippen LogP contribution is -2.40. The Morgan fingerprint density at radius 3 is 2.50 bits per heavy atom. The molecule has 2 heteroatoms. The van der Waals surface area contributed by atoms with Gasteiger partial charge >= 0.3 is 0 Å². The largest absolute Gasteiger partial charge is 0.381 e. The van der Waals surface area contributed by atoms with Crippen LogP contribution in [0.1, 0.15) is 65.7 Å². The van der Waals surface area contributed by atoms with Crippen molar-refractivity contribution in [3.8, 4) is 0 Å². The van der Waals surface area contributed by atoms with Crippen LogP contribution in [0.5, 0.6) is 0 Å². The van der Waals surface area contributed by atoms with Gasteiger partial charge in [0, 0.05) is 19.3 Å². The van der Waals surface area contributed by atoms with Gasteiger partial charge in [-0.15, -0.1) is 0 Å². The molecule has 3 atom stereocenters. The molecule has 20 heavy (non-hydrogen) atoms. The van der Waals surface area contributed by atoms with Crippen molar-refractivity contribution in [2.24, 2.45) is 23.7 Å². The molecule has 1 heterocycles. The minimum absolute atomic E-state index is 0.624. The van der Waals surface area contributed by atoms with E-state index in [1.807, 2.05) is 0 Å². The summed E-state index contributed by atoms with van der Waals surface area (Å²) >= 11 is 0. The van der Waals surface area contributed by atoms with Crippen molar-refractivity contribution in [2.45, 2.75) is 71.8 Å². The van der Waals surface area contributed by atoms with E-state index in [1.54, 1.807) is 0 Å². The van der Waals surface area contributed by atoms with Crippen LogP contribution < -0.4 is 5.32 Å². The van der Waals surface area contributed by atoms with Crippen LogP contribution in [-0.2, 0) is 4.74 Å². The molecule has 0 aromatic heterocycles. The van der Waals surface area contributed by atoms with Crippen LogP contribution in [0.15, 0.2) is 0 Å². The highest BCUT2D eigenvalue weighted by atomic mass is 16.5. The standard InChI is InChI=1S/C18H35NO/c1-4-5-15-6-7-17(13-19-14(2)3)18(12-15)16-8-10-20-11-9-16/h14-19H,4-13H2,1-3H3. The molecule has 1 N–H and O–H groups in total. The van der Waals surface area contributed by atoms with Gasteiger partial charge in [-0.2, -0.15) is 0 Å². The highest BCUT2D eigenvalue weighted by Gasteiger charge is 2.35. The molecular weight excluding hydrogens is 246 g/mol. The van der Waals surface area contributed by atoms with Crippen molar-refractivity contribution in [3.05, 3.63) is 0 Å². The van der Waals surface area contributed by atoms with Crippen LogP contribution >= 0.6 is 0 Å². The van der Waals surface area contributed by atoms with Crippen LogP contribution in [0.25, 0.3) is 0 Å². The maximum atomic E-state index is 5.58. The fourth-order valence-electron chi connectivity index (χ4n) is 4.39. The van der Waals surface area contributed by atoms with Gasteiger partial charge in [0.1, 0.15) is 0 Å². The van der Waals surface area contributed by atoms with Gasteiger partial charge in [-0.3, -0.25) is 0 Å². The first-order valence-electron chi connectivity index (χ1n) is 9.01. The molecule has 2 nitrogen and oxygen atoms in total. The molecule has 0 amide bonds. The lowest BCUT2D eigenvalue weighted by molar-refractivity contribution is 0.0131. The molecule has 118 valence electrons. The van der Waals surface area contributed by atoms with Gasteiger partial charge in [-0.1, -0.05) is 40.0 Å². The van der Waals surface area contributed by atoms with E-state index in [4.69, 9.17) is 4.74 Å². The van der Waals surface area contributed by atoms with Gasteiger partial charge in [-0.25, -0.2) is 0 Å². The van der Waals surface area contributed by atoms with Crippen LogP contribution in [0, 0.1) is 23.7 Å². The lowest BCUT2D eigenvalue weighted by Gasteiger charge is -2.42.